The van der Waals surface area contributed by atoms with E-state index in [2.05, 4.69) is 20.4 Å². The fourth-order valence-corrected chi connectivity index (χ4v) is 1.88. The lowest BCUT2D eigenvalue weighted by Crippen LogP contribution is -2.23. The van der Waals surface area contributed by atoms with E-state index in [1.54, 1.807) is 0 Å². The molecule has 11 heavy (non-hydrogen) atoms. The minimum atomic E-state index is -0.142. The molecule has 0 aromatic carbocycles. The summed E-state index contributed by atoms with van der Waals surface area (Å²) in [6.07, 6.45) is 1.96. The van der Waals surface area contributed by atoms with Gasteiger partial charge in [0, 0.05) is 5.41 Å². The van der Waals surface area contributed by atoms with Crippen molar-refractivity contribution in [1.82, 2.24) is 0 Å². The van der Waals surface area contributed by atoms with E-state index in [0.29, 0.717) is 11.8 Å². The molecule has 0 radical (unpaired) electrons. The topological polar surface area (TPSA) is 17.1 Å². The lowest BCUT2D eigenvalue weighted by molar-refractivity contribution is -0.117. The molecule has 0 bridgehead atoms. The number of allylic oxidation sites excluding steroid dienone is 1. The van der Waals surface area contributed by atoms with Gasteiger partial charge in [0.05, 0.1) is 0 Å². The summed E-state index contributed by atoms with van der Waals surface area (Å²) in [5, 5.41) is 0. The average molecular weight is 152 g/mol. The van der Waals surface area contributed by atoms with Gasteiger partial charge >= 0.3 is 0 Å². The van der Waals surface area contributed by atoms with Crippen molar-refractivity contribution in [3.63, 3.8) is 0 Å². The van der Waals surface area contributed by atoms with Crippen molar-refractivity contribution >= 4 is 6.29 Å². The summed E-state index contributed by atoms with van der Waals surface area (Å²) in [6.45, 7) is 10.3. The highest BCUT2D eigenvalue weighted by molar-refractivity contribution is 5.61. The maximum atomic E-state index is 10.8. The van der Waals surface area contributed by atoms with Crippen molar-refractivity contribution in [1.29, 1.82) is 0 Å². The third kappa shape index (κ3) is 1.13. The van der Waals surface area contributed by atoms with Crippen LogP contribution in [0.15, 0.2) is 12.2 Å². The molecular weight excluding hydrogens is 136 g/mol. The number of aldehydes is 1. The Balaban J connectivity index is 2.90. The molecule has 0 N–H and O–H groups in total. The monoisotopic (exact) mass is 152 g/mol. The van der Waals surface area contributed by atoms with Gasteiger partial charge in [0.2, 0.25) is 0 Å². The minimum Gasteiger partial charge on any atom is -0.303 e. The van der Waals surface area contributed by atoms with Crippen molar-refractivity contribution in [2.75, 3.05) is 0 Å². The molecule has 1 nitrogen and oxygen atoms in total. The number of hydrogen-bond donors (Lipinski definition) is 0. The number of carbonyl (C=O) groups excluding carboxylic acids is 1. The molecule has 62 valence electrons. The number of carbonyl (C=O) groups is 1. The Hall–Kier alpha value is -0.590. The fraction of sp³-hybridized carbons (Fsp3) is 0.700. The number of rotatable bonds is 1. The van der Waals surface area contributed by atoms with Gasteiger partial charge in [0.1, 0.15) is 6.29 Å². The van der Waals surface area contributed by atoms with Crippen molar-refractivity contribution in [2.24, 2.45) is 17.3 Å². The van der Waals surface area contributed by atoms with Gasteiger partial charge in [-0.2, -0.15) is 0 Å². The van der Waals surface area contributed by atoms with Crippen LogP contribution in [0.2, 0.25) is 0 Å². The number of hydrogen-bond acceptors (Lipinski definition) is 1. The van der Waals surface area contributed by atoms with E-state index in [4.69, 9.17) is 0 Å². The second kappa shape index (κ2) is 2.47. The summed E-state index contributed by atoms with van der Waals surface area (Å²) in [5.74, 6) is 0.956. The van der Waals surface area contributed by atoms with E-state index >= 15 is 0 Å². The Kier molecular flexibility index (Phi) is 1.91. The van der Waals surface area contributed by atoms with Crippen molar-refractivity contribution in [2.45, 2.75) is 27.2 Å². The van der Waals surface area contributed by atoms with Gasteiger partial charge in [0.15, 0.2) is 0 Å². The van der Waals surface area contributed by atoms with E-state index in [1.807, 2.05) is 6.92 Å². The third-order valence-corrected chi connectivity index (χ3v) is 3.31. The van der Waals surface area contributed by atoms with Crippen LogP contribution in [-0.4, -0.2) is 6.29 Å². The Labute approximate surface area is 68.5 Å². The van der Waals surface area contributed by atoms with Crippen LogP contribution in [0.3, 0.4) is 0 Å². The molecule has 1 fully saturated rings. The summed E-state index contributed by atoms with van der Waals surface area (Å²) in [6, 6.07) is 0. The first kappa shape index (κ1) is 8.51. The van der Waals surface area contributed by atoms with Crippen LogP contribution in [-0.2, 0) is 4.79 Å². The van der Waals surface area contributed by atoms with Crippen LogP contribution in [0.4, 0.5) is 0 Å². The van der Waals surface area contributed by atoms with Gasteiger partial charge in [-0.25, -0.2) is 0 Å². The molecule has 0 saturated heterocycles. The molecule has 1 heteroatoms. The highest BCUT2D eigenvalue weighted by Crippen LogP contribution is 2.47. The second-order valence-corrected chi connectivity index (χ2v) is 4.04. The quantitative estimate of drug-likeness (QED) is 0.416. The van der Waals surface area contributed by atoms with Gasteiger partial charge in [0.25, 0.3) is 0 Å². The van der Waals surface area contributed by atoms with Crippen LogP contribution in [0.25, 0.3) is 0 Å². The van der Waals surface area contributed by atoms with Crippen molar-refractivity contribution in [3.8, 4) is 0 Å². The molecule has 0 heterocycles. The minimum absolute atomic E-state index is 0.142. The molecular formula is C10H16O. The summed E-state index contributed by atoms with van der Waals surface area (Å²) in [7, 11) is 0. The molecule has 1 saturated carbocycles. The molecule has 0 spiro atoms. The lowest BCUT2D eigenvalue weighted by atomic mass is 9.80. The first-order valence-electron chi connectivity index (χ1n) is 4.15. The highest BCUT2D eigenvalue weighted by atomic mass is 16.1. The standard InChI is InChI=1S/C10H16O/c1-7-5-10(4,6-11)9(3)8(7)2/h6,8-9H,1,5H2,2-4H3/t8?,9-,10-/m0/s1. The fourth-order valence-electron chi connectivity index (χ4n) is 1.88. The SMILES string of the molecule is C=C1C[C@@](C)(C=O)[C@@H](C)C1C. The lowest BCUT2D eigenvalue weighted by Gasteiger charge is -2.22. The van der Waals surface area contributed by atoms with Crippen LogP contribution in [0, 0.1) is 17.3 Å². The maximum absolute atomic E-state index is 10.8. The zero-order valence-electron chi connectivity index (χ0n) is 7.55. The van der Waals surface area contributed by atoms with Crippen LogP contribution < -0.4 is 0 Å². The van der Waals surface area contributed by atoms with Gasteiger partial charge in [-0.05, 0) is 18.3 Å². The first-order chi connectivity index (χ1) is 5.01. The molecule has 1 unspecified atom stereocenters. The normalized spacial score (nSPS) is 44.5. The largest absolute Gasteiger partial charge is 0.303 e. The highest BCUT2D eigenvalue weighted by Gasteiger charge is 2.42. The second-order valence-electron chi connectivity index (χ2n) is 4.04. The van der Waals surface area contributed by atoms with Crippen LogP contribution in [0.5, 0.6) is 0 Å². The zero-order chi connectivity index (χ0) is 8.65. The molecule has 0 aromatic heterocycles. The molecule has 1 rings (SSSR count). The Morgan fingerprint density at radius 1 is 1.64 bits per heavy atom. The smallest absolute Gasteiger partial charge is 0.126 e. The summed E-state index contributed by atoms with van der Waals surface area (Å²) < 4.78 is 0. The molecule has 1 aliphatic rings. The third-order valence-electron chi connectivity index (χ3n) is 3.31. The first-order valence-corrected chi connectivity index (χ1v) is 4.15. The average Bonchev–Trinajstić information content (AvgIpc) is 2.17. The Morgan fingerprint density at radius 2 is 2.18 bits per heavy atom. The van der Waals surface area contributed by atoms with E-state index in [-0.39, 0.29) is 5.41 Å². The summed E-state index contributed by atoms with van der Waals surface area (Å²) >= 11 is 0. The van der Waals surface area contributed by atoms with Gasteiger partial charge in [-0.15, -0.1) is 0 Å². The molecule has 0 aromatic rings. The predicted octanol–water partition coefficient (Wildman–Crippen LogP) is 2.42. The van der Waals surface area contributed by atoms with Crippen molar-refractivity contribution < 1.29 is 4.79 Å². The Morgan fingerprint density at radius 3 is 2.36 bits per heavy atom. The van der Waals surface area contributed by atoms with E-state index in [1.165, 1.54) is 5.57 Å². The van der Waals surface area contributed by atoms with Crippen molar-refractivity contribution in [3.05, 3.63) is 12.2 Å². The van der Waals surface area contributed by atoms with Gasteiger partial charge < -0.3 is 4.79 Å². The van der Waals surface area contributed by atoms with E-state index in [9.17, 15) is 4.79 Å². The van der Waals surface area contributed by atoms with Crippen LogP contribution in [0.1, 0.15) is 27.2 Å². The predicted molar refractivity (Wildman–Crippen MR) is 46.3 cm³/mol. The van der Waals surface area contributed by atoms with E-state index in [0.717, 1.165) is 12.7 Å². The summed E-state index contributed by atoms with van der Waals surface area (Å²) in [4.78, 5) is 10.8. The molecule has 1 aliphatic carbocycles. The molecule has 0 amide bonds. The molecule has 0 aliphatic heterocycles. The van der Waals surface area contributed by atoms with Crippen LogP contribution >= 0.6 is 0 Å². The maximum Gasteiger partial charge on any atom is 0.126 e. The zero-order valence-corrected chi connectivity index (χ0v) is 7.55. The molecule has 3 atom stereocenters. The summed E-state index contributed by atoms with van der Waals surface area (Å²) in [5.41, 5.74) is 1.09. The van der Waals surface area contributed by atoms with Gasteiger partial charge in [-0.1, -0.05) is 32.9 Å². The van der Waals surface area contributed by atoms with E-state index < -0.39 is 0 Å². The van der Waals surface area contributed by atoms with Gasteiger partial charge in [-0.3, -0.25) is 0 Å². The Bertz CT molecular complexity index is 195.